The summed E-state index contributed by atoms with van der Waals surface area (Å²) < 4.78 is 0. The number of thioether (sulfide) groups is 1. The molecule has 2 rings (SSSR count). The number of aryl methyl sites for hydroxylation is 2. The lowest BCUT2D eigenvalue weighted by molar-refractivity contribution is -0.115. The Bertz CT molecular complexity index is 714. The molecule has 120 valence electrons. The molecule has 0 spiro atoms. The van der Waals surface area contributed by atoms with Gasteiger partial charge in [-0.2, -0.15) is 0 Å². The molecule has 0 aliphatic heterocycles. The summed E-state index contributed by atoms with van der Waals surface area (Å²) in [6, 6.07) is 9.24. The predicted molar refractivity (Wildman–Crippen MR) is 91.9 cm³/mol. The molecule has 0 saturated carbocycles. The van der Waals surface area contributed by atoms with Crippen molar-refractivity contribution in [1.29, 1.82) is 0 Å². The van der Waals surface area contributed by atoms with Gasteiger partial charge in [0.1, 0.15) is 5.03 Å². The Morgan fingerprint density at radius 2 is 1.91 bits per heavy atom. The van der Waals surface area contributed by atoms with Gasteiger partial charge in [-0.3, -0.25) is 9.59 Å². The number of rotatable bonds is 6. The van der Waals surface area contributed by atoms with Crippen molar-refractivity contribution >= 4 is 29.3 Å². The summed E-state index contributed by atoms with van der Waals surface area (Å²) in [7, 11) is 0. The molecule has 0 atom stereocenters. The highest BCUT2D eigenvalue weighted by atomic mass is 32.2. The van der Waals surface area contributed by atoms with Crippen LogP contribution in [0.4, 0.5) is 5.82 Å². The topological polar surface area (TPSA) is 72.0 Å². The van der Waals surface area contributed by atoms with Crippen LogP contribution in [0.15, 0.2) is 35.4 Å². The highest BCUT2D eigenvalue weighted by molar-refractivity contribution is 7.99. The van der Waals surface area contributed by atoms with Crippen molar-refractivity contribution in [3.63, 3.8) is 0 Å². The number of aromatic nitrogens is 2. The van der Waals surface area contributed by atoms with Gasteiger partial charge in [0.25, 0.3) is 0 Å². The van der Waals surface area contributed by atoms with Gasteiger partial charge in [-0.25, -0.2) is 0 Å². The van der Waals surface area contributed by atoms with Crippen LogP contribution in [0.1, 0.15) is 34.8 Å². The zero-order chi connectivity index (χ0) is 16.8. The fraction of sp³-hybridized carbons (Fsp3) is 0.294. The van der Waals surface area contributed by atoms with Crippen molar-refractivity contribution in [3.8, 4) is 0 Å². The number of benzene rings is 1. The Morgan fingerprint density at radius 1 is 1.13 bits per heavy atom. The molecule has 1 aromatic heterocycles. The Hall–Kier alpha value is -2.21. The van der Waals surface area contributed by atoms with E-state index in [0.29, 0.717) is 23.0 Å². The first-order valence-electron chi connectivity index (χ1n) is 7.36. The molecule has 1 N–H and O–H groups in total. The summed E-state index contributed by atoms with van der Waals surface area (Å²) in [6.45, 7) is 5.71. The van der Waals surface area contributed by atoms with Crippen LogP contribution in [0.2, 0.25) is 0 Å². The van der Waals surface area contributed by atoms with E-state index >= 15 is 0 Å². The number of hydrogen-bond donors (Lipinski definition) is 1. The summed E-state index contributed by atoms with van der Waals surface area (Å²) >= 11 is 1.33. The maximum Gasteiger partial charge on any atom is 0.225 e. The number of carbonyl (C=O) groups excluding carboxylic acids is 2. The standard InChI is InChI=1S/C17H19N3O2S/c1-4-16(22)18-15-7-8-17(20-19-15)23-10-14(21)13-6-5-11(2)9-12(13)3/h5-9H,4,10H2,1-3H3,(H,18,19,22). The summed E-state index contributed by atoms with van der Waals surface area (Å²) in [5.74, 6) is 0.684. The number of Topliss-reactive ketones (excluding diaryl/α,β-unsaturated/α-hetero) is 1. The van der Waals surface area contributed by atoms with Gasteiger partial charge < -0.3 is 5.32 Å². The molecule has 0 bridgehead atoms. The zero-order valence-electron chi connectivity index (χ0n) is 13.4. The Balaban J connectivity index is 1.95. The minimum atomic E-state index is -0.107. The van der Waals surface area contributed by atoms with Crippen LogP contribution in [0.3, 0.4) is 0 Å². The van der Waals surface area contributed by atoms with Crippen LogP contribution in [0.5, 0.6) is 0 Å². The summed E-state index contributed by atoms with van der Waals surface area (Å²) in [5, 5.41) is 11.2. The lowest BCUT2D eigenvalue weighted by Crippen LogP contribution is -2.11. The van der Waals surface area contributed by atoms with Crippen molar-refractivity contribution in [3.05, 3.63) is 47.0 Å². The monoisotopic (exact) mass is 329 g/mol. The van der Waals surface area contributed by atoms with Crippen LogP contribution in [-0.4, -0.2) is 27.6 Å². The molecule has 0 saturated heterocycles. The summed E-state index contributed by atoms with van der Waals surface area (Å²) in [6.07, 6.45) is 0.391. The number of nitrogens with zero attached hydrogens (tertiary/aromatic N) is 2. The van der Waals surface area contributed by atoms with Crippen LogP contribution in [0, 0.1) is 13.8 Å². The molecule has 1 amide bonds. The van der Waals surface area contributed by atoms with E-state index in [9.17, 15) is 9.59 Å². The lowest BCUT2D eigenvalue weighted by atomic mass is 10.0. The second kappa shape index (κ2) is 7.87. The van der Waals surface area contributed by atoms with Gasteiger partial charge in [0.2, 0.25) is 5.91 Å². The van der Waals surface area contributed by atoms with E-state index < -0.39 is 0 Å². The van der Waals surface area contributed by atoms with Crippen LogP contribution in [-0.2, 0) is 4.79 Å². The molecule has 1 heterocycles. The van der Waals surface area contributed by atoms with Gasteiger partial charge in [-0.05, 0) is 31.5 Å². The predicted octanol–water partition coefficient (Wildman–Crippen LogP) is 3.42. The van der Waals surface area contributed by atoms with Crippen molar-refractivity contribution in [2.45, 2.75) is 32.2 Å². The molecule has 2 aromatic rings. The second-order valence-electron chi connectivity index (χ2n) is 5.19. The molecule has 0 unspecified atom stereocenters. The SMILES string of the molecule is CCC(=O)Nc1ccc(SCC(=O)c2ccc(C)cc2C)nn1. The highest BCUT2D eigenvalue weighted by Gasteiger charge is 2.10. The van der Waals surface area contributed by atoms with Gasteiger partial charge >= 0.3 is 0 Å². The normalized spacial score (nSPS) is 10.4. The molecule has 5 nitrogen and oxygen atoms in total. The first-order valence-corrected chi connectivity index (χ1v) is 8.35. The first-order chi connectivity index (χ1) is 11.0. The van der Waals surface area contributed by atoms with Crippen LogP contribution in [0.25, 0.3) is 0 Å². The third-order valence-corrected chi connectivity index (χ3v) is 4.18. The van der Waals surface area contributed by atoms with Crippen molar-refractivity contribution in [2.75, 3.05) is 11.1 Å². The molecular formula is C17H19N3O2S. The third-order valence-electron chi connectivity index (χ3n) is 3.26. The average Bonchev–Trinajstić information content (AvgIpc) is 2.53. The van der Waals surface area contributed by atoms with Crippen molar-refractivity contribution in [1.82, 2.24) is 10.2 Å². The highest BCUT2D eigenvalue weighted by Crippen LogP contribution is 2.19. The van der Waals surface area contributed by atoms with E-state index in [1.165, 1.54) is 11.8 Å². The first kappa shape index (κ1) is 17.1. The number of ketones is 1. The van der Waals surface area contributed by atoms with Gasteiger partial charge in [0.05, 0.1) is 5.75 Å². The van der Waals surface area contributed by atoms with E-state index in [-0.39, 0.29) is 11.7 Å². The number of hydrogen-bond acceptors (Lipinski definition) is 5. The fourth-order valence-corrected chi connectivity index (χ4v) is 2.74. The van der Waals surface area contributed by atoms with E-state index in [1.54, 1.807) is 19.1 Å². The van der Waals surface area contributed by atoms with Crippen LogP contribution >= 0.6 is 11.8 Å². The smallest absolute Gasteiger partial charge is 0.225 e. The Kier molecular flexibility index (Phi) is 5.87. The minimum Gasteiger partial charge on any atom is -0.309 e. The maximum absolute atomic E-state index is 12.3. The molecule has 0 fully saturated rings. The van der Waals surface area contributed by atoms with Gasteiger partial charge in [0, 0.05) is 12.0 Å². The molecular weight excluding hydrogens is 310 g/mol. The molecule has 1 aromatic carbocycles. The van der Waals surface area contributed by atoms with Crippen molar-refractivity contribution < 1.29 is 9.59 Å². The molecule has 0 aliphatic rings. The summed E-state index contributed by atoms with van der Waals surface area (Å²) in [4.78, 5) is 23.5. The number of nitrogens with one attached hydrogen (secondary N) is 1. The molecule has 23 heavy (non-hydrogen) atoms. The number of carbonyl (C=O) groups is 2. The minimum absolute atomic E-state index is 0.0673. The average molecular weight is 329 g/mol. The molecule has 6 heteroatoms. The van der Waals surface area contributed by atoms with E-state index in [1.807, 2.05) is 32.0 Å². The fourth-order valence-electron chi connectivity index (χ4n) is 2.04. The number of anilines is 1. The van der Waals surface area contributed by atoms with Crippen molar-refractivity contribution in [2.24, 2.45) is 0 Å². The van der Waals surface area contributed by atoms with Gasteiger partial charge in [0.15, 0.2) is 11.6 Å². The van der Waals surface area contributed by atoms with Gasteiger partial charge in [-0.15, -0.1) is 10.2 Å². The molecule has 0 aliphatic carbocycles. The van der Waals surface area contributed by atoms with Crippen LogP contribution < -0.4 is 5.32 Å². The molecule has 0 radical (unpaired) electrons. The van der Waals surface area contributed by atoms with Gasteiger partial charge in [-0.1, -0.05) is 42.4 Å². The Labute approximate surface area is 139 Å². The largest absolute Gasteiger partial charge is 0.309 e. The zero-order valence-corrected chi connectivity index (χ0v) is 14.2. The quantitative estimate of drug-likeness (QED) is 0.649. The lowest BCUT2D eigenvalue weighted by Gasteiger charge is -2.06. The third kappa shape index (κ3) is 4.89. The van der Waals surface area contributed by atoms with E-state index in [2.05, 4.69) is 15.5 Å². The second-order valence-corrected chi connectivity index (χ2v) is 6.18. The van der Waals surface area contributed by atoms with E-state index in [0.717, 1.165) is 16.7 Å². The number of amides is 1. The maximum atomic E-state index is 12.3. The Morgan fingerprint density at radius 3 is 2.52 bits per heavy atom. The summed E-state index contributed by atoms with van der Waals surface area (Å²) in [5.41, 5.74) is 2.87. The van der Waals surface area contributed by atoms with E-state index in [4.69, 9.17) is 0 Å².